The first-order valence-electron chi connectivity index (χ1n) is 3.24. The van der Waals surface area contributed by atoms with Crippen LogP contribution in [0.4, 0.5) is 0 Å². The van der Waals surface area contributed by atoms with Gasteiger partial charge in [-0.1, -0.05) is 27.3 Å². The molecule has 0 saturated carbocycles. The second kappa shape index (κ2) is 4.03. The van der Waals surface area contributed by atoms with Gasteiger partial charge in [0.25, 0.3) is 0 Å². The Kier molecular flexibility index (Phi) is 3.28. The molecule has 0 aliphatic carbocycles. The number of hydrogen-bond acceptors (Lipinski definition) is 3. The molecule has 1 rings (SSSR count). The van der Waals surface area contributed by atoms with E-state index in [4.69, 9.17) is 0 Å². The Hall–Kier alpha value is 0.0400. The SMILES string of the molecule is CCc1snnc1CCBr. The van der Waals surface area contributed by atoms with Crippen LogP contribution >= 0.6 is 27.5 Å². The van der Waals surface area contributed by atoms with E-state index in [9.17, 15) is 0 Å². The predicted octanol–water partition coefficient (Wildman–Crippen LogP) is 2.04. The second-order valence-electron chi connectivity index (χ2n) is 1.94. The van der Waals surface area contributed by atoms with Crippen LogP contribution in [0.25, 0.3) is 0 Å². The van der Waals surface area contributed by atoms with Crippen molar-refractivity contribution in [3.8, 4) is 0 Å². The van der Waals surface area contributed by atoms with Crippen LogP contribution in [0, 0.1) is 0 Å². The molecule has 0 unspecified atom stereocenters. The molecule has 0 aromatic carbocycles. The quantitative estimate of drug-likeness (QED) is 0.730. The van der Waals surface area contributed by atoms with Crippen LogP contribution in [0.3, 0.4) is 0 Å². The molecule has 0 saturated heterocycles. The second-order valence-corrected chi connectivity index (χ2v) is 3.57. The lowest BCUT2D eigenvalue weighted by Gasteiger charge is -1.91. The standard InChI is InChI=1S/C6H9BrN2S/c1-2-6-5(3-4-7)8-9-10-6/h2-4H2,1H3. The van der Waals surface area contributed by atoms with Crippen LogP contribution < -0.4 is 0 Å². The number of aryl methyl sites for hydroxylation is 2. The minimum atomic E-state index is 0.978. The summed E-state index contributed by atoms with van der Waals surface area (Å²) in [6.45, 7) is 2.13. The number of alkyl halides is 1. The molecule has 0 bridgehead atoms. The highest BCUT2D eigenvalue weighted by Crippen LogP contribution is 2.11. The summed E-state index contributed by atoms with van der Waals surface area (Å²) in [5.41, 5.74) is 1.16. The lowest BCUT2D eigenvalue weighted by Crippen LogP contribution is -1.90. The fourth-order valence-electron chi connectivity index (χ4n) is 0.775. The number of halogens is 1. The summed E-state index contributed by atoms with van der Waals surface area (Å²) in [6.07, 6.45) is 2.06. The largest absolute Gasteiger partial charge is 0.143 e. The van der Waals surface area contributed by atoms with Gasteiger partial charge in [-0.15, -0.1) is 5.10 Å². The number of aromatic nitrogens is 2. The van der Waals surface area contributed by atoms with E-state index in [0.29, 0.717) is 0 Å². The third-order valence-corrected chi connectivity index (χ3v) is 2.59. The van der Waals surface area contributed by atoms with Crippen LogP contribution in [-0.2, 0) is 12.8 Å². The molecule has 0 amide bonds. The molecule has 1 aromatic rings. The summed E-state index contributed by atoms with van der Waals surface area (Å²) in [7, 11) is 0. The zero-order chi connectivity index (χ0) is 7.40. The van der Waals surface area contributed by atoms with E-state index in [1.54, 1.807) is 0 Å². The van der Waals surface area contributed by atoms with E-state index < -0.39 is 0 Å². The summed E-state index contributed by atoms with van der Waals surface area (Å²) < 4.78 is 3.88. The minimum absolute atomic E-state index is 0.978. The van der Waals surface area contributed by atoms with Gasteiger partial charge in [0, 0.05) is 16.6 Å². The van der Waals surface area contributed by atoms with Gasteiger partial charge in [0.15, 0.2) is 0 Å². The highest BCUT2D eigenvalue weighted by molar-refractivity contribution is 9.09. The van der Waals surface area contributed by atoms with Crippen molar-refractivity contribution in [1.29, 1.82) is 0 Å². The fraction of sp³-hybridized carbons (Fsp3) is 0.667. The molecule has 2 nitrogen and oxygen atoms in total. The Balaban J connectivity index is 2.70. The molecule has 1 aromatic heterocycles. The lowest BCUT2D eigenvalue weighted by molar-refractivity contribution is 0.970. The third kappa shape index (κ3) is 1.76. The van der Waals surface area contributed by atoms with Crippen LogP contribution in [0.15, 0.2) is 0 Å². The van der Waals surface area contributed by atoms with E-state index in [1.165, 1.54) is 16.4 Å². The maximum Gasteiger partial charge on any atom is 0.0795 e. The Bertz CT molecular complexity index is 199. The van der Waals surface area contributed by atoms with Gasteiger partial charge >= 0.3 is 0 Å². The normalized spacial score (nSPS) is 10.2. The molecule has 0 radical (unpaired) electrons. The summed E-state index contributed by atoms with van der Waals surface area (Å²) in [5, 5.41) is 4.99. The van der Waals surface area contributed by atoms with Gasteiger partial charge in [-0.2, -0.15) is 0 Å². The molecule has 0 aliphatic rings. The van der Waals surface area contributed by atoms with Gasteiger partial charge in [-0.05, 0) is 18.0 Å². The molecular weight excluding hydrogens is 212 g/mol. The van der Waals surface area contributed by atoms with Crippen molar-refractivity contribution < 1.29 is 0 Å². The maximum atomic E-state index is 4.02. The van der Waals surface area contributed by atoms with Crippen molar-refractivity contribution in [2.24, 2.45) is 0 Å². The van der Waals surface area contributed by atoms with E-state index >= 15 is 0 Å². The molecule has 0 spiro atoms. The van der Waals surface area contributed by atoms with Gasteiger partial charge in [-0.3, -0.25) is 0 Å². The highest BCUT2D eigenvalue weighted by Gasteiger charge is 2.03. The molecule has 10 heavy (non-hydrogen) atoms. The van der Waals surface area contributed by atoms with Crippen molar-refractivity contribution in [3.05, 3.63) is 10.6 Å². The molecule has 0 fully saturated rings. The molecule has 0 aliphatic heterocycles. The summed E-state index contributed by atoms with van der Waals surface area (Å²) >= 11 is 4.88. The number of nitrogens with zero attached hydrogens (tertiary/aromatic N) is 2. The van der Waals surface area contributed by atoms with Gasteiger partial charge in [0.05, 0.1) is 5.69 Å². The zero-order valence-electron chi connectivity index (χ0n) is 5.80. The topological polar surface area (TPSA) is 25.8 Å². The van der Waals surface area contributed by atoms with Crippen molar-refractivity contribution in [1.82, 2.24) is 9.59 Å². The van der Waals surface area contributed by atoms with Gasteiger partial charge in [0.1, 0.15) is 0 Å². The Morgan fingerprint density at radius 1 is 1.60 bits per heavy atom. The van der Waals surface area contributed by atoms with E-state index in [2.05, 4.69) is 32.4 Å². The highest BCUT2D eigenvalue weighted by atomic mass is 79.9. The molecule has 56 valence electrons. The first-order valence-corrected chi connectivity index (χ1v) is 5.14. The average Bonchev–Trinajstić information content (AvgIpc) is 2.36. The fourth-order valence-corrected chi connectivity index (χ4v) is 1.77. The predicted molar refractivity (Wildman–Crippen MR) is 46.8 cm³/mol. The smallest absolute Gasteiger partial charge is 0.0795 e. The Labute approximate surface area is 72.9 Å². The van der Waals surface area contributed by atoms with E-state index in [1.807, 2.05) is 0 Å². The average molecular weight is 221 g/mol. The van der Waals surface area contributed by atoms with Gasteiger partial charge in [-0.25, -0.2) is 0 Å². The van der Waals surface area contributed by atoms with E-state index in [0.717, 1.165) is 23.9 Å². The molecule has 0 N–H and O–H groups in total. The van der Waals surface area contributed by atoms with Crippen LogP contribution in [0.5, 0.6) is 0 Å². The molecule has 4 heteroatoms. The maximum absolute atomic E-state index is 4.02. The summed E-state index contributed by atoms with van der Waals surface area (Å²) in [6, 6.07) is 0. The van der Waals surface area contributed by atoms with Crippen molar-refractivity contribution in [2.45, 2.75) is 19.8 Å². The van der Waals surface area contributed by atoms with Gasteiger partial charge in [0.2, 0.25) is 0 Å². The number of rotatable bonds is 3. The van der Waals surface area contributed by atoms with Crippen molar-refractivity contribution in [3.63, 3.8) is 0 Å². The molecule has 0 atom stereocenters. The van der Waals surface area contributed by atoms with Crippen LogP contribution in [0.2, 0.25) is 0 Å². The third-order valence-electron chi connectivity index (χ3n) is 1.29. The van der Waals surface area contributed by atoms with Crippen molar-refractivity contribution >= 4 is 27.5 Å². The number of hydrogen-bond donors (Lipinski definition) is 0. The monoisotopic (exact) mass is 220 g/mol. The van der Waals surface area contributed by atoms with Crippen LogP contribution in [-0.4, -0.2) is 14.9 Å². The van der Waals surface area contributed by atoms with Crippen LogP contribution in [0.1, 0.15) is 17.5 Å². The van der Waals surface area contributed by atoms with E-state index in [-0.39, 0.29) is 0 Å². The van der Waals surface area contributed by atoms with Crippen molar-refractivity contribution in [2.75, 3.05) is 5.33 Å². The Morgan fingerprint density at radius 3 is 3.00 bits per heavy atom. The Morgan fingerprint density at radius 2 is 2.40 bits per heavy atom. The first-order chi connectivity index (χ1) is 4.88. The summed E-state index contributed by atoms with van der Waals surface area (Å²) in [5.74, 6) is 0. The van der Waals surface area contributed by atoms with Gasteiger partial charge < -0.3 is 0 Å². The summed E-state index contributed by atoms with van der Waals surface area (Å²) in [4.78, 5) is 1.32. The zero-order valence-corrected chi connectivity index (χ0v) is 8.20. The first kappa shape index (κ1) is 8.14. The molecule has 1 heterocycles. The minimum Gasteiger partial charge on any atom is -0.143 e. The molecular formula is C6H9BrN2S. The lowest BCUT2D eigenvalue weighted by atomic mass is 10.2.